The summed E-state index contributed by atoms with van der Waals surface area (Å²) in [6, 6.07) is 1.70. The van der Waals surface area contributed by atoms with Crippen molar-refractivity contribution in [1.29, 1.82) is 0 Å². The van der Waals surface area contributed by atoms with Crippen LogP contribution < -0.4 is 4.74 Å². The van der Waals surface area contributed by atoms with Crippen LogP contribution in [0.5, 0.6) is 5.88 Å². The van der Waals surface area contributed by atoms with Crippen LogP contribution >= 0.6 is 0 Å². The van der Waals surface area contributed by atoms with Gasteiger partial charge in [0.2, 0.25) is 5.88 Å². The van der Waals surface area contributed by atoms with Gasteiger partial charge in [0.1, 0.15) is 18.2 Å². The number of likely N-dealkylation sites (tertiary alicyclic amines) is 1. The van der Waals surface area contributed by atoms with Crippen LogP contribution in [0.25, 0.3) is 0 Å². The average Bonchev–Trinajstić information content (AvgIpc) is 3.13. The molecule has 0 unspecified atom stereocenters. The molecule has 7 heteroatoms. The number of ether oxygens (including phenoxy) is 2. The molecule has 7 nitrogen and oxygen atoms in total. The third kappa shape index (κ3) is 4.04. The minimum Gasteiger partial charge on any atom is -0.474 e. The van der Waals surface area contributed by atoms with Gasteiger partial charge in [-0.25, -0.2) is 4.98 Å². The molecule has 2 aromatic heterocycles. The zero-order valence-corrected chi connectivity index (χ0v) is 16.5. The van der Waals surface area contributed by atoms with Crippen molar-refractivity contribution in [3.63, 3.8) is 0 Å². The maximum absolute atomic E-state index is 12.5. The van der Waals surface area contributed by atoms with Crippen LogP contribution in [0.3, 0.4) is 0 Å². The Kier molecular flexibility index (Phi) is 5.62. The molecule has 1 fully saturated rings. The predicted octanol–water partition coefficient (Wildman–Crippen LogP) is 2.99. The second-order valence-electron chi connectivity index (χ2n) is 7.70. The first kappa shape index (κ1) is 18.9. The first-order chi connectivity index (χ1) is 13.6. The largest absolute Gasteiger partial charge is 0.474 e. The summed E-state index contributed by atoms with van der Waals surface area (Å²) >= 11 is 0. The van der Waals surface area contributed by atoms with Crippen LogP contribution in [0.4, 0.5) is 0 Å². The molecule has 2 aromatic rings. The van der Waals surface area contributed by atoms with E-state index in [9.17, 15) is 4.79 Å². The Morgan fingerprint density at radius 2 is 2.00 bits per heavy atom. The Labute approximate surface area is 165 Å². The molecular weight excluding hydrogens is 358 g/mol. The fourth-order valence-electron chi connectivity index (χ4n) is 3.69. The average molecular weight is 385 g/mol. The van der Waals surface area contributed by atoms with Crippen LogP contribution in [0.2, 0.25) is 0 Å². The van der Waals surface area contributed by atoms with Crippen molar-refractivity contribution in [3.8, 4) is 5.88 Å². The summed E-state index contributed by atoms with van der Waals surface area (Å²) in [6.07, 6.45) is 6.23. The normalized spacial score (nSPS) is 18.0. The number of aromatic nitrogens is 2. The fraction of sp³-hybridized carbons (Fsp3) is 0.571. The molecule has 0 aliphatic carbocycles. The lowest BCUT2D eigenvalue weighted by Gasteiger charge is -2.32. The number of furan rings is 1. The third-order valence-corrected chi connectivity index (χ3v) is 5.34. The lowest BCUT2D eigenvalue weighted by Crippen LogP contribution is -2.41. The van der Waals surface area contributed by atoms with Crippen molar-refractivity contribution in [2.75, 3.05) is 26.3 Å². The van der Waals surface area contributed by atoms with Gasteiger partial charge >= 0.3 is 0 Å². The molecule has 2 aliphatic heterocycles. The van der Waals surface area contributed by atoms with Crippen molar-refractivity contribution in [2.24, 2.45) is 0 Å². The summed E-state index contributed by atoms with van der Waals surface area (Å²) in [7, 11) is 0. The molecule has 2 aliphatic rings. The Morgan fingerprint density at radius 1 is 1.21 bits per heavy atom. The molecule has 0 bridgehead atoms. The molecule has 4 rings (SSSR count). The number of hydrogen-bond acceptors (Lipinski definition) is 6. The van der Waals surface area contributed by atoms with Gasteiger partial charge in [0, 0.05) is 50.3 Å². The zero-order chi connectivity index (χ0) is 19.5. The van der Waals surface area contributed by atoms with Gasteiger partial charge in [-0.05, 0) is 6.07 Å². The number of hydrogen-bond donors (Lipinski definition) is 0. The molecule has 150 valence electrons. The molecule has 0 aromatic carbocycles. The molecule has 0 N–H and O–H groups in total. The van der Waals surface area contributed by atoms with E-state index in [2.05, 4.69) is 13.8 Å². The number of piperidine rings is 1. The highest BCUT2D eigenvalue weighted by atomic mass is 16.5. The highest BCUT2D eigenvalue weighted by Gasteiger charge is 2.27. The minimum atomic E-state index is 0.0161. The predicted molar refractivity (Wildman–Crippen MR) is 103 cm³/mol. The minimum absolute atomic E-state index is 0.0161. The number of amides is 1. The van der Waals surface area contributed by atoms with Crippen LogP contribution in [0, 0.1) is 0 Å². The van der Waals surface area contributed by atoms with E-state index in [1.165, 1.54) is 12.5 Å². The molecule has 4 heterocycles. The second-order valence-corrected chi connectivity index (χ2v) is 7.70. The van der Waals surface area contributed by atoms with Crippen LogP contribution in [-0.2, 0) is 17.6 Å². The van der Waals surface area contributed by atoms with Gasteiger partial charge in [0.05, 0.1) is 30.7 Å². The summed E-state index contributed by atoms with van der Waals surface area (Å²) < 4.78 is 17.0. The van der Waals surface area contributed by atoms with Gasteiger partial charge in [-0.2, -0.15) is 4.98 Å². The SMILES string of the molecule is CC(C)c1nc2c(c(OC3CCN(C(=O)c4ccoc4)CC3)n1)CCOCC2. The number of fused-ring (bicyclic) bond motifs is 1. The van der Waals surface area contributed by atoms with E-state index in [1.807, 2.05) is 4.90 Å². The third-order valence-electron chi connectivity index (χ3n) is 5.34. The molecule has 1 saturated heterocycles. The number of carbonyl (C=O) groups excluding carboxylic acids is 1. The lowest BCUT2D eigenvalue weighted by atomic mass is 10.1. The summed E-state index contributed by atoms with van der Waals surface area (Å²) in [5.41, 5.74) is 2.74. The van der Waals surface area contributed by atoms with Gasteiger partial charge in [-0.3, -0.25) is 4.79 Å². The maximum Gasteiger partial charge on any atom is 0.257 e. The second kappa shape index (κ2) is 8.31. The molecule has 0 spiro atoms. The van der Waals surface area contributed by atoms with Crippen LogP contribution in [-0.4, -0.2) is 53.2 Å². The van der Waals surface area contributed by atoms with Crippen molar-refractivity contribution in [1.82, 2.24) is 14.9 Å². The smallest absolute Gasteiger partial charge is 0.257 e. The molecule has 0 atom stereocenters. The molecule has 1 amide bonds. The topological polar surface area (TPSA) is 77.7 Å². The zero-order valence-electron chi connectivity index (χ0n) is 16.5. The quantitative estimate of drug-likeness (QED) is 0.805. The number of carbonyl (C=O) groups is 1. The summed E-state index contributed by atoms with van der Waals surface area (Å²) in [4.78, 5) is 23.8. The van der Waals surface area contributed by atoms with Crippen LogP contribution in [0.1, 0.15) is 60.0 Å². The molecule has 0 radical (unpaired) electrons. The lowest BCUT2D eigenvalue weighted by molar-refractivity contribution is 0.0583. The van der Waals surface area contributed by atoms with E-state index in [1.54, 1.807) is 6.07 Å². The first-order valence-corrected chi connectivity index (χ1v) is 10.1. The Hall–Kier alpha value is -2.41. The highest BCUT2D eigenvalue weighted by Crippen LogP contribution is 2.28. The van der Waals surface area contributed by atoms with E-state index in [4.69, 9.17) is 23.9 Å². The van der Waals surface area contributed by atoms with E-state index in [0.717, 1.165) is 42.8 Å². The standard InChI is InChI=1S/C21H27N3O4/c1-14(2)19-22-18-7-12-26-11-6-17(18)20(23-19)28-16-3-8-24(9-4-16)21(25)15-5-10-27-13-15/h5,10,13-14,16H,3-4,6-9,11-12H2,1-2H3. The molecule has 28 heavy (non-hydrogen) atoms. The summed E-state index contributed by atoms with van der Waals surface area (Å²) in [6.45, 7) is 6.89. The highest BCUT2D eigenvalue weighted by molar-refractivity contribution is 5.93. The maximum atomic E-state index is 12.5. The van der Waals surface area contributed by atoms with Gasteiger partial charge in [-0.1, -0.05) is 13.8 Å². The van der Waals surface area contributed by atoms with Gasteiger partial charge < -0.3 is 18.8 Å². The van der Waals surface area contributed by atoms with E-state index in [0.29, 0.717) is 37.7 Å². The monoisotopic (exact) mass is 385 g/mol. The van der Waals surface area contributed by atoms with E-state index >= 15 is 0 Å². The van der Waals surface area contributed by atoms with Crippen molar-refractivity contribution < 1.29 is 18.7 Å². The number of nitrogens with zero attached hydrogens (tertiary/aromatic N) is 3. The van der Waals surface area contributed by atoms with E-state index in [-0.39, 0.29) is 17.9 Å². The summed E-state index contributed by atoms with van der Waals surface area (Å²) in [5.74, 6) is 1.79. The van der Waals surface area contributed by atoms with Gasteiger partial charge in [0.15, 0.2) is 0 Å². The summed E-state index contributed by atoms with van der Waals surface area (Å²) in [5, 5.41) is 0. The molecular formula is C21H27N3O4. The Balaban J connectivity index is 1.46. The van der Waals surface area contributed by atoms with Crippen molar-refractivity contribution >= 4 is 5.91 Å². The molecule has 0 saturated carbocycles. The van der Waals surface area contributed by atoms with Crippen molar-refractivity contribution in [2.45, 2.75) is 51.6 Å². The van der Waals surface area contributed by atoms with Gasteiger partial charge in [-0.15, -0.1) is 0 Å². The number of rotatable bonds is 4. The fourth-order valence-corrected chi connectivity index (χ4v) is 3.69. The van der Waals surface area contributed by atoms with Gasteiger partial charge in [0.25, 0.3) is 5.91 Å². The van der Waals surface area contributed by atoms with Crippen LogP contribution in [0.15, 0.2) is 23.0 Å². The Bertz CT molecular complexity index is 811. The first-order valence-electron chi connectivity index (χ1n) is 10.1. The van der Waals surface area contributed by atoms with Crippen molar-refractivity contribution in [3.05, 3.63) is 41.2 Å². The van der Waals surface area contributed by atoms with E-state index < -0.39 is 0 Å². The Morgan fingerprint density at radius 3 is 2.71 bits per heavy atom.